The molecule has 24 heavy (non-hydrogen) atoms. The van der Waals surface area contributed by atoms with Crippen molar-refractivity contribution in [3.8, 4) is 10.6 Å². The number of hydrogen-bond donors (Lipinski definition) is 1. The third-order valence-electron chi connectivity index (χ3n) is 3.46. The van der Waals surface area contributed by atoms with Crippen LogP contribution >= 0.6 is 27.3 Å². The molecule has 0 radical (unpaired) electrons. The van der Waals surface area contributed by atoms with Crippen molar-refractivity contribution in [2.75, 3.05) is 0 Å². The molecule has 7 heteroatoms. The van der Waals surface area contributed by atoms with Gasteiger partial charge in [0.2, 0.25) is 10.0 Å². The fourth-order valence-electron chi connectivity index (χ4n) is 2.14. The van der Waals surface area contributed by atoms with Gasteiger partial charge in [0.05, 0.1) is 17.1 Å². The van der Waals surface area contributed by atoms with E-state index in [1.807, 2.05) is 42.6 Å². The molecule has 124 valence electrons. The number of benzene rings is 2. The maximum atomic E-state index is 12.4. The Balaban J connectivity index is 1.73. The zero-order valence-electron chi connectivity index (χ0n) is 12.9. The molecule has 1 heterocycles. The Labute approximate surface area is 153 Å². The van der Waals surface area contributed by atoms with Crippen molar-refractivity contribution >= 4 is 37.3 Å². The summed E-state index contributed by atoms with van der Waals surface area (Å²) in [6, 6.07) is 14.8. The van der Waals surface area contributed by atoms with Crippen LogP contribution in [0.1, 0.15) is 11.3 Å². The van der Waals surface area contributed by atoms with Gasteiger partial charge in [0.15, 0.2) is 0 Å². The lowest BCUT2D eigenvalue weighted by atomic mass is 10.2. The van der Waals surface area contributed by atoms with Gasteiger partial charge < -0.3 is 0 Å². The van der Waals surface area contributed by atoms with Crippen molar-refractivity contribution in [2.45, 2.75) is 18.4 Å². The molecular formula is C17H15BrN2O2S2. The molecule has 0 saturated heterocycles. The van der Waals surface area contributed by atoms with Gasteiger partial charge in [0, 0.05) is 15.4 Å². The van der Waals surface area contributed by atoms with Crippen LogP contribution in [0.4, 0.5) is 0 Å². The average molecular weight is 423 g/mol. The van der Waals surface area contributed by atoms with Crippen LogP contribution < -0.4 is 4.72 Å². The standard InChI is InChI=1S/C17H15BrN2O2S2/c1-12-9-15(7-8-16(12)18)24(21,22)19-10-14-11-23-17(20-14)13-5-3-2-4-6-13/h2-9,11,19H,10H2,1H3. The van der Waals surface area contributed by atoms with Crippen molar-refractivity contribution in [3.05, 3.63) is 69.6 Å². The summed E-state index contributed by atoms with van der Waals surface area (Å²) in [5.41, 5.74) is 2.61. The molecular weight excluding hydrogens is 408 g/mol. The Morgan fingerprint density at radius 3 is 2.62 bits per heavy atom. The molecule has 0 spiro atoms. The second kappa shape index (κ2) is 7.14. The molecule has 1 aromatic heterocycles. The Bertz CT molecular complexity index is 954. The molecule has 0 atom stereocenters. The first-order valence-electron chi connectivity index (χ1n) is 7.21. The number of aryl methyl sites for hydroxylation is 1. The molecule has 0 aliphatic carbocycles. The van der Waals surface area contributed by atoms with E-state index >= 15 is 0 Å². The lowest BCUT2D eigenvalue weighted by molar-refractivity contribution is 0.580. The number of thiazole rings is 1. The van der Waals surface area contributed by atoms with Gasteiger partial charge in [-0.1, -0.05) is 46.3 Å². The molecule has 1 N–H and O–H groups in total. The van der Waals surface area contributed by atoms with Crippen LogP contribution in [0.2, 0.25) is 0 Å². The van der Waals surface area contributed by atoms with E-state index in [-0.39, 0.29) is 11.4 Å². The van der Waals surface area contributed by atoms with Gasteiger partial charge in [0.1, 0.15) is 5.01 Å². The summed E-state index contributed by atoms with van der Waals surface area (Å²) in [5.74, 6) is 0. The molecule has 0 saturated carbocycles. The van der Waals surface area contributed by atoms with E-state index in [0.717, 1.165) is 20.6 Å². The number of sulfonamides is 1. The minimum absolute atomic E-state index is 0.167. The third-order valence-corrected chi connectivity index (χ3v) is 6.68. The number of hydrogen-bond acceptors (Lipinski definition) is 4. The molecule has 0 fully saturated rings. The summed E-state index contributed by atoms with van der Waals surface area (Å²) in [4.78, 5) is 4.74. The van der Waals surface area contributed by atoms with Crippen molar-refractivity contribution in [3.63, 3.8) is 0 Å². The molecule has 3 aromatic rings. The lowest BCUT2D eigenvalue weighted by Crippen LogP contribution is -2.23. The molecule has 0 bridgehead atoms. The Kier molecular flexibility index (Phi) is 5.15. The number of halogens is 1. The highest BCUT2D eigenvalue weighted by Gasteiger charge is 2.15. The molecule has 4 nitrogen and oxygen atoms in total. The minimum atomic E-state index is -3.56. The molecule has 0 aliphatic heterocycles. The van der Waals surface area contributed by atoms with Crippen LogP contribution in [0.5, 0.6) is 0 Å². The van der Waals surface area contributed by atoms with Crippen LogP contribution in [0, 0.1) is 6.92 Å². The van der Waals surface area contributed by atoms with Crippen molar-refractivity contribution < 1.29 is 8.42 Å². The number of nitrogens with one attached hydrogen (secondary N) is 1. The van der Waals surface area contributed by atoms with Crippen molar-refractivity contribution in [1.29, 1.82) is 0 Å². The van der Waals surface area contributed by atoms with E-state index < -0.39 is 10.0 Å². The predicted molar refractivity (Wildman–Crippen MR) is 100 cm³/mol. The minimum Gasteiger partial charge on any atom is -0.240 e. The summed E-state index contributed by atoms with van der Waals surface area (Å²) in [6.45, 7) is 2.02. The van der Waals surface area contributed by atoms with Gasteiger partial charge in [-0.25, -0.2) is 18.1 Å². The van der Waals surface area contributed by atoms with E-state index in [0.29, 0.717) is 5.69 Å². The molecule has 2 aromatic carbocycles. The quantitative estimate of drug-likeness (QED) is 0.664. The zero-order chi connectivity index (χ0) is 17.2. The molecule has 0 unspecified atom stereocenters. The first kappa shape index (κ1) is 17.3. The van der Waals surface area contributed by atoms with E-state index in [1.54, 1.807) is 18.2 Å². The topological polar surface area (TPSA) is 59.1 Å². The maximum Gasteiger partial charge on any atom is 0.240 e. The van der Waals surface area contributed by atoms with Crippen LogP contribution in [-0.2, 0) is 16.6 Å². The van der Waals surface area contributed by atoms with E-state index in [4.69, 9.17) is 0 Å². The van der Waals surface area contributed by atoms with Gasteiger partial charge in [0.25, 0.3) is 0 Å². The predicted octanol–water partition coefficient (Wildman–Crippen LogP) is 4.36. The van der Waals surface area contributed by atoms with Crippen LogP contribution in [0.15, 0.2) is 63.3 Å². The molecule has 0 aliphatic rings. The summed E-state index contributed by atoms with van der Waals surface area (Å²) in [6.07, 6.45) is 0. The lowest BCUT2D eigenvalue weighted by Gasteiger charge is -2.07. The normalized spacial score (nSPS) is 11.6. The largest absolute Gasteiger partial charge is 0.240 e. The summed E-state index contributed by atoms with van der Waals surface area (Å²) in [7, 11) is -3.56. The fraction of sp³-hybridized carbons (Fsp3) is 0.118. The first-order valence-corrected chi connectivity index (χ1v) is 10.4. The van der Waals surface area contributed by atoms with Crippen molar-refractivity contribution in [2.24, 2.45) is 0 Å². The van der Waals surface area contributed by atoms with E-state index in [2.05, 4.69) is 25.6 Å². The Morgan fingerprint density at radius 2 is 1.92 bits per heavy atom. The highest BCUT2D eigenvalue weighted by Crippen LogP contribution is 2.24. The fourth-order valence-corrected chi connectivity index (χ4v) is 4.29. The Morgan fingerprint density at radius 1 is 1.17 bits per heavy atom. The van der Waals surface area contributed by atoms with Gasteiger partial charge >= 0.3 is 0 Å². The highest BCUT2D eigenvalue weighted by molar-refractivity contribution is 9.10. The smallest absolute Gasteiger partial charge is 0.240 e. The van der Waals surface area contributed by atoms with Crippen LogP contribution in [0.25, 0.3) is 10.6 Å². The number of rotatable bonds is 5. The second-order valence-corrected chi connectivity index (χ2v) is 8.72. The third kappa shape index (κ3) is 3.92. The summed E-state index contributed by atoms with van der Waals surface area (Å²) in [5, 5.41) is 2.75. The van der Waals surface area contributed by atoms with E-state index in [1.165, 1.54) is 11.3 Å². The monoisotopic (exact) mass is 422 g/mol. The van der Waals surface area contributed by atoms with Gasteiger partial charge in [-0.3, -0.25) is 0 Å². The number of nitrogens with zero attached hydrogens (tertiary/aromatic N) is 1. The zero-order valence-corrected chi connectivity index (χ0v) is 16.1. The maximum absolute atomic E-state index is 12.4. The first-order chi connectivity index (χ1) is 11.5. The SMILES string of the molecule is Cc1cc(S(=O)(=O)NCc2csc(-c3ccccc3)n2)ccc1Br. The second-order valence-electron chi connectivity index (χ2n) is 5.25. The highest BCUT2D eigenvalue weighted by atomic mass is 79.9. The number of aromatic nitrogens is 1. The van der Waals surface area contributed by atoms with Gasteiger partial charge in [-0.15, -0.1) is 11.3 Å². The summed E-state index contributed by atoms with van der Waals surface area (Å²) < 4.78 is 28.3. The van der Waals surface area contributed by atoms with E-state index in [9.17, 15) is 8.42 Å². The van der Waals surface area contributed by atoms with Crippen LogP contribution in [0.3, 0.4) is 0 Å². The molecule has 3 rings (SSSR count). The van der Waals surface area contributed by atoms with Gasteiger partial charge in [-0.2, -0.15) is 0 Å². The summed E-state index contributed by atoms with van der Waals surface area (Å²) >= 11 is 4.87. The average Bonchev–Trinajstić information content (AvgIpc) is 3.05. The Hall–Kier alpha value is -1.54. The molecule has 0 amide bonds. The van der Waals surface area contributed by atoms with Gasteiger partial charge in [-0.05, 0) is 30.7 Å². The van der Waals surface area contributed by atoms with Crippen molar-refractivity contribution in [1.82, 2.24) is 9.71 Å². The van der Waals surface area contributed by atoms with Crippen LogP contribution in [-0.4, -0.2) is 13.4 Å².